The predicted octanol–water partition coefficient (Wildman–Crippen LogP) is 4.22. The second kappa shape index (κ2) is 10.2. The average Bonchev–Trinajstić information content (AvgIpc) is 2.67. The Bertz CT molecular complexity index is 265. The molecule has 0 aliphatic carbocycles. The minimum absolute atomic E-state index is 0.207. The van der Waals surface area contributed by atoms with Gasteiger partial charge in [0, 0.05) is 0 Å². The van der Waals surface area contributed by atoms with Crippen LogP contribution in [0, 0.1) is 5.92 Å². The molecule has 1 saturated heterocycles. The first-order chi connectivity index (χ1) is 9.66. The summed E-state index contributed by atoms with van der Waals surface area (Å²) in [5.74, 6) is -0.486. The summed E-state index contributed by atoms with van der Waals surface area (Å²) in [6, 6.07) is 0. The van der Waals surface area contributed by atoms with Gasteiger partial charge in [0.15, 0.2) is 0 Å². The van der Waals surface area contributed by atoms with Gasteiger partial charge in [-0.1, -0.05) is 71.1 Å². The number of carbonyl (C=O) groups excluding carboxylic acids is 1. The lowest BCUT2D eigenvalue weighted by molar-refractivity contribution is -0.143. The molecule has 0 bridgehead atoms. The fourth-order valence-electron chi connectivity index (χ4n) is 2.95. The Balaban J connectivity index is 1.91. The summed E-state index contributed by atoms with van der Waals surface area (Å²) in [6.07, 6.45) is 12.8. The van der Waals surface area contributed by atoms with Gasteiger partial charge in [-0.3, -0.25) is 4.79 Å². The number of aliphatic hydroxyl groups excluding tert-OH is 1. The van der Waals surface area contributed by atoms with Crippen LogP contribution in [0.25, 0.3) is 0 Å². The summed E-state index contributed by atoms with van der Waals surface area (Å²) in [6.45, 7) is 4.01. The average molecular weight is 284 g/mol. The highest BCUT2D eigenvalue weighted by Gasteiger charge is 2.40. The van der Waals surface area contributed by atoms with Crippen molar-refractivity contribution in [1.29, 1.82) is 0 Å². The van der Waals surface area contributed by atoms with E-state index < -0.39 is 6.10 Å². The first-order valence-corrected chi connectivity index (χ1v) is 8.55. The molecule has 0 spiro atoms. The molecule has 1 N–H and O–H groups in total. The van der Waals surface area contributed by atoms with E-state index >= 15 is 0 Å². The highest BCUT2D eigenvalue weighted by atomic mass is 16.6. The Hall–Kier alpha value is -0.570. The van der Waals surface area contributed by atoms with Crippen molar-refractivity contribution in [2.24, 2.45) is 5.92 Å². The molecule has 1 aliphatic heterocycles. The summed E-state index contributed by atoms with van der Waals surface area (Å²) >= 11 is 0. The molecule has 3 nitrogen and oxygen atoms in total. The third-order valence-electron chi connectivity index (χ3n) is 4.37. The zero-order chi connectivity index (χ0) is 14.8. The summed E-state index contributed by atoms with van der Waals surface area (Å²) in [5.41, 5.74) is 0. The van der Waals surface area contributed by atoms with Crippen LogP contribution < -0.4 is 0 Å². The zero-order valence-electron chi connectivity index (χ0n) is 13.3. The lowest BCUT2D eigenvalue weighted by atomic mass is 9.95. The molecule has 3 heteroatoms. The molecule has 0 saturated carbocycles. The quantitative estimate of drug-likeness (QED) is 0.456. The predicted molar refractivity (Wildman–Crippen MR) is 81.5 cm³/mol. The van der Waals surface area contributed by atoms with Crippen LogP contribution in [0.4, 0.5) is 0 Å². The number of esters is 1. The molecule has 1 unspecified atom stereocenters. The van der Waals surface area contributed by atoms with Crippen molar-refractivity contribution in [3.8, 4) is 0 Å². The van der Waals surface area contributed by atoms with Gasteiger partial charge >= 0.3 is 5.97 Å². The zero-order valence-corrected chi connectivity index (χ0v) is 13.3. The van der Waals surface area contributed by atoms with Crippen LogP contribution in [0.1, 0.15) is 84.5 Å². The van der Waals surface area contributed by atoms with Crippen LogP contribution in [-0.4, -0.2) is 23.3 Å². The maximum atomic E-state index is 11.5. The van der Waals surface area contributed by atoms with E-state index in [2.05, 4.69) is 6.92 Å². The van der Waals surface area contributed by atoms with E-state index in [1.165, 1.54) is 57.8 Å². The van der Waals surface area contributed by atoms with Gasteiger partial charge < -0.3 is 9.84 Å². The number of carbonyl (C=O) groups is 1. The molecule has 1 aliphatic rings. The Morgan fingerprint density at radius 2 is 1.45 bits per heavy atom. The highest BCUT2D eigenvalue weighted by molar-refractivity contribution is 5.75. The minimum Gasteiger partial charge on any atom is -0.460 e. The number of rotatable bonds is 11. The molecule has 0 aromatic carbocycles. The lowest BCUT2D eigenvalue weighted by Crippen LogP contribution is -2.24. The molecule has 0 radical (unpaired) electrons. The van der Waals surface area contributed by atoms with Gasteiger partial charge in [-0.25, -0.2) is 0 Å². The monoisotopic (exact) mass is 284 g/mol. The summed E-state index contributed by atoms with van der Waals surface area (Å²) < 4.78 is 5.04. The molecule has 1 heterocycles. The van der Waals surface area contributed by atoms with E-state index in [4.69, 9.17) is 4.74 Å². The Morgan fingerprint density at radius 3 is 1.90 bits per heavy atom. The van der Waals surface area contributed by atoms with Gasteiger partial charge in [0.25, 0.3) is 0 Å². The number of hydrogen-bond donors (Lipinski definition) is 1. The van der Waals surface area contributed by atoms with E-state index in [0.717, 1.165) is 12.8 Å². The van der Waals surface area contributed by atoms with Crippen molar-refractivity contribution in [2.45, 2.75) is 96.7 Å². The molecule has 0 amide bonds. The van der Waals surface area contributed by atoms with E-state index in [0.29, 0.717) is 0 Å². The molecule has 3 atom stereocenters. The van der Waals surface area contributed by atoms with Crippen molar-refractivity contribution < 1.29 is 14.6 Å². The number of hydrogen-bond acceptors (Lipinski definition) is 3. The van der Waals surface area contributed by atoms with Gasteiger partial charge in [0.05, 0.1) is 5.92 Å². The third-order valence-corrected chi connectivity index (χ3v) is 4.37. The Labute approximate surface area is 124 Å². The molecule has 0 aromatic heterocycles. The standard InChI is InChI=1S/C17H32O3/c1-3-4-5-6-7-8-9-10-11-12-13-15-16(18)14(2)20-17(15)19/h14-16,18H,3-13H2,1-2H3/t14-,15?,16-/m0/s1. The van der Waals surface area contributed by atoms with E-state index in [9.17, 15) is 9.90 Å². The molecule has 20 heavy (non-hydrogen) atoms. The van der Waals surface area contributed by atoms with Gasteiger partial charge in [0.2, 0.25) is 0 Å². The van der Waals surface area contributed by atoms with Crippen LogP contribution in [0.2, 0.25) is 0 Å². The highest BCUT2D eigenvalue weighted by Crippen LogP contribution is 2.26. The summed E-state index contributed by atoms with van der Waals surface area (Å²) in [4.78, 5) is 11.5. The fourth-order valence-corrected chi connectivity index (χ4v) is 2.95. The smallest absolute Gasteiger partial charge is 0.312 e. The second-order valence-corrected chi connectivity index (χ2v) is 6.21. The van der Waals surface area contributed by atoms with Gasteiger partial charge in [-0.15, -0.1) is 0 Å². The normalized spacial score (nSPS) is 25.9. The molecule has 0 aromatic rings. The van der Waals surface area contributed by atoms with Gasteiger partial charge in [-0.2, -0.15) is 0 Å². The van der Waals surface area contributed by atoms with Gasteiger partial charge in [-0.05, 0) is 13.3 Å². The topological polar surface area (TPSA) is 46.5 Å². The minimum atomic E-state index is -0.596. The van der Waals surface area contributed by atoms with Crippen LogP contribution in [0.15, 0.2) is 0 Å². The Morgan fingerprint density at radius 1 is 0.950 bits per heavy atom. The molecule has 1 rings (SSSR count). The third kappa shape index (κ3) is 6.25. The molecule has 1 fully saturated rings. The fraction of sp³-hybridized carbons (Fsp3) is 0.941. The van der Waals surface area contributed by atoms with Gasteiger partial charge in [0.1, 0.15) is 12.2 Å². The first-order valence-electron chi connectivity index (χ1n) is 8.55. The largest absolute Gasteiger partial charge is 0.460 e. The molecular formula is C17H32O3. The second-order valence-electron chi connectivity index (χ2n) is 6.21. The SMILES string of the molecule is CCCCCCCCCCCCC1C(=O)O[C@@H](C)[C@@H]1O. The number of ether oxygens (including phenoxy) is 1. The first kappa shape index (κ1) is 17.5. The van der Waals surface area contributed by atoms with Crippen LogP contribution >= 0.6 is 0 Å². The van der Waals surface area contributed by atoms with E-state index in [1.807, 2.05) is 0 Å². The molecule has 118 valence electrons. The number of cyclic esters (lactones) is 1. The maximum Gasteiger partial charge on any atom is 0.312 e. The van der Waals surface area contributed by atoms with Crippen LogP contribution in [0.3, 0.4) is 0 Å². The molecular weight excluding hydrogens is 252 g/mol. The number of aliphatic hydroxyl groups is 1. The van der Waals surface area contributed by atoms with Crippen molar-refractivity contribution in [1.82, 2.24) is 0 Å². The van der Waals surface area contributed by atoms with E-state index in [1.54, 1.807) is 6.92 Å². The van der Waals surface area contributed by atoms with Crippen molar-refractivity contribution in [3.05, 3.63) is 0 Å². The summed E-state index contributed by atoms with van der Waals surface area (Å²) in [5, 5.41) is 9.83. The number of unbranched alkanes of at least 4 members (excludes halogenated alkanes) is 9. The van der Waals surface area contributed by atoms with Crippen molar-refractivity contribution in [2.75, 3.05) is 0 Å². The van der Waals surface area contributed by atoms with Crippen LogP contribution in [0.5, 0.6) is 0 Å². The van der Waals surface area contributed by atoms with Crippen LogP contribution in [-0.2, 0) is 9.53 Å². The van der Waals surface area contributed by atoms with E-state index in [-0.39, 0.29) is 18.0 Å². The Kier molecular flexibility index (Phi) is 8.92. The lowest BCUT2D eigenvalue weighted by Gasteiger charge is -2.11. The van der Waals surface area contributed by atoms with Crippen molar-refractivity contribution >= 4 is 5.97 Å². The summed E-state index contributed by atoms with van der Waals surface area (Å²) in [7, 11) is 0. The van der Waals surface area contributed by atoms with Crippen molar-refractivity contribution in [3.63, 3.8) is 0 Å². The maximum absolute atomic E-state index is 11.5.